The number of hydrogen-bond donors (Lipinski definition) is 2. The van der Waals surface area contributed by atoms with Gasteiger partial charge in [-0.2, -0.15) is 0 Å². The number of ether oxygens (including phenoxy) is 1. The molecule has 3 heterocycles. The van der Waals surface area contributed by atoms with E-state index in [-0.39, 0.29) is 18.8 Å². The van der Waals surface area contributed by atoms with Crippen molar-refractivity contribution in [3.8, 4) is 0 Å². The van der Waals surface area contributed by atoms with Gasteiger partial charge in [0.15, 0.2) is 5.60 Å². The van der Waals surface area contributed by atoms with Crippen LogP contribution < -0.4 is 10.8 Å². The molecule has 1 aromatic heterocycles. The van der Waals surface area contributed by atoms with Gasteiger partial charge in [-0.15, -0.1) is 12.3 Å². The molecule has 0 saturated carbocycles. The number of nitrogens with zero attached hydrogens (tertiary/aromatic N) is 2. The minimum absolute atomic E-state index is 0.0327. The molecule has 0 amide bonds. The van der Waals surface area contributed by atoms with E-state index >= 15 is 0 Å². The second-order valence-electron chi connectivity index (χ2n) is 9.95. The number of cyclic esters (lactones) is 1. The Balaban J connectivity index is 1.61. The predicted octanol–water partition coefficient (Wildman–Crippen LogP) is 2.27. The molecule has 2 aliphatic heterocycles. The van der Waals surface area contributed by atoms with Gasteiger partial charge < -0.3 is 19.5 Å². The monoisotopic (exact) mass is 462 g/mol. The molecular weight excluding hydrogens is 432 g/mol. The highest BCUT2D eigenvalue weighted by atomic mass is 28.3. The van der Waals surface area contributed by atoms with Gasteiger partial charge in [0.1, 0.15) is 23.2 Å². The summed E-state index contributed by atoms with van der Waals surface area (Å²) in [6.45, 7) is 11.0. The Labute approximate surface area is 194 Å². The lowest BCUT2D eigenvalue weighted by atomic mass is 9.80. The Morgan fingerprint density at radius 1 is 1.36 bits per heavy atom. The predicted molar refractivity (Wildman–Crippen MR) is 130 cm³/mol. The molecule has 0 saturated heterocycles. The molecule has 1 aliphatic carbocycles. The van der Waals surface area contributed by atoms with Crippen LogP contribution in [0, 0.1) is 0 Å². The molecule has 7 heteroatoms. The lowest BCUT2D eigenvalue weighted by Crippen LogP contribution is -2.49. The summed E-state index contributed by atoms with van der Waals surface area (Å²) in [6.07, 6.45) is 3.58. The van der Waals surface area contributed by atoms with Gasteiger partial charge in [0.25, 0.3) is 0 Å². The summed E-state index contributed by atoms with van der Waals surface area (Å²) in [6, 6.07) is 7.54. The number of fused-ring (bicyclic) bond motifs is 4. The summed E-state index contributed by atoms with van der Waals surface area (Å²) in [5, 5.41) is 22.9. The number of esters is 1. The quantitative estimate of drug-likeness (QED) is 0.449. The second kappa shape index (κ2) is 7.57. The summed E-state index contributed by atoms with van der Waals surface area (Å²) < 4.78 is 7.29. The number of aryl methyl sites for hydroxylation is 1. The Morgan fingerprint density at radius 2 is 2.15 bits per heavy atom. The van der Waals surface area contributed by atoms with Crippen LogP contribution in [0.5, 0.6) is 0 Å². The summed E-state index contributed by atoms with van der Waals surface area (Å²) in [5.74, 6) is -0.600. The van der Waals surface area contributed by atoms with E-state index in [0.717, 1.165) is 23.5 Å². The molecule has 1 atom stereocenters. The van der Waals surface area contributed by atoms with Gasteiger partial charge in [0.2, 0.25) is 0 Å². The normalized spacial score (nSPS) is 21.5. The van der Waals surface area contributed by atoms with Gasteiger partial charge in [0.05, 0.1) is 20.3 Å². The molecule has 0 unspecified atom stereocenters. The van der Waals surface area contributed by atoms with E-state index in [2.05, 4.69) is 54.2 Å². The first-order valence-corrected chi connectivity index (χ1v) is 14.8. The van der Waals surface area contributed by atoms with Crippen molar-refractivity contribution in [1.82, 2.24) is 9.55 Å². The largest absolute Gasteiger partial charge is 0.505 e. The van der Waals surface area contributed by atoms with E-state index in [1.807, 2.05) is 0 Å². The summed E-state index contributed by atoms with van der Waals surface area (Å²) in [7, 11) is -1.42. The minimum atomic E-state index is -1.72. The van der Waals surface area contributed by atoms with Crippen molar-refractivity contribution in [3.05, 3.63) is 74.8 Å². The standard InChI is InChI=1S/C26H30N2O4Si/c1-5-26(31)20-13-21-23(24(29)19(20)15-32-25(26)30)28-14-18-16(10-11-33(3,4)6-2)8-7-9-17(18)12-22(28)27-21/h6-9,12,29,31H,2,5,10-11,13-15H2,1,3-4H3/t26-/m0/s1. The van der Waals surface area contributed by atoms with E-state index in [9.17, 15) is 15.0 Å². The molecule has 33 heavy (non-hydrogen) atoms. The Kier molecular flexibility index (Phi) is 5.03. The van der Waals surface area contributed by atoms with Crippen LogP contribution in [0.2, 0.25) is 19.1 Å². The number of carbonyl (C=O) groups excluding carboxylic acids is 1. The average molecular weight is 463 g/mol. The van der Waals surface area contributed by atoms with Gasteiger partial charge >= 0.3 is 5.97 Å². The Morgan fingerprint density at radius 3 is 2.88 bits per heavy atom. The maximum Gasteiger partial charge on any atom is 0.342 e. The topological polar surface area (TPSA) is 84.6 Å². The number of aromatic nitrogens is 2. The number of carbonyl (C=O) groups is 1. The number of rotatable bonds is 5. The first-order chi connectivity index (χ1) is 15.7. The van der Waals surface area contributed by atoms with Crippen molar-refractivity contribution in [2.75, 3.05) is 6.61 Å². The van der Waals surface area contributed by atoms with Crippen LogP contribution in [-0.2, 0) is 28.9 Å². The van der Waals surface area contributed by atoms with Crippen LogP contribution >= 0.6 is 0 Å². The molecule has 3 aliphatic rings. The highest BCUT2D eigenvalue weighted by Gasteiger charge is 2.47. The molecule has 0 spiro atoms. The maximum absolute atomic E-state index is 12.3. The first kappa shape index (κ1) is 21.9. The number of aliphatic hydroxyl groups excluding tert-OH is 1. The minimum Gasteiger partial charge on any atom is -0.505 e. The third-order valence-electron chi connectivity index (χ3n) is 7.49. The molecule has 1 aromatic carbocycles. The van der Waals surface area contributed by atoms with Gasteiger partial charge in [-0.3, -0.25) is 0 Å². The van der Waals surface area contributed by atoms with Crippen molar-refractivity contribution in [3.63, 3.8) is 0 Å². The van der Waals surface area contributed by atoms with Gasteiger partial charge in [-0.05, 0) is 41.2 Å². The van der Waals surface area contributed by atoms with E-state index in [1.165, 1.54) is 11.1 Å². The number of imidazole rings is 1. The molecule has 2 aromatic rings. The zero-order chi connectivity index (χ0) is 23.5. The third kappa shape index (κ3) is 3.33. The van der Waals surface area contributed by atoms with Crippen LogP contribution in [0.4, 0.5) is 0 Å². The van der Waals surface area contributed by atoms with Crippen LogP contribution in [0.3, 0.4) is 0 Å². The molecule has 172 valence electrons. The van der Waals surface area contributed by atoms with Crippen molar-refractivity contribution in [2.24, 2.45) is 0 Å². The maximum atomic E-state index is 12.3. The molecule has 5 rings (SSSR count). The fourth-order valence-electron chi connectivity index (χ4n) is 5.10. The highest BCUT2D eigenvalue weighted by Crippen LogP contribution is 2.36. The molecule has 2 N–H and O–H groups in total. The van der Waals surface area contributed by atoms with E-state index in [0.29, 0.717) is 35.2 Å². The van der Waals surface area contributed by atoms with Crippen molar-refractivity contribution < 1.29 is 19.7 Å². The lowest BCUT2D eigenvalue weighted by molar-refractivity contribution is -0.163. The fourth-order valence-corrected chi connectivity index (χ4v) is 6.22. The smallest absolute Gasteiger partial charge is 0.342 e. The Bertz CT molecular complexity index is 1350. The number of aliphatic hydroxyl groups is 2. The van der Waals surface area contributed by atoms with Gasteiger partial charge in [-0.25, -0.2) is 9.78 Å². The number of benzene rings is 1. The highest BCUT2D eigenvalue weighted by molar-refractivity contribution is 6.82. The van der Waals surface area contributed by atoms with Crippen LogP contribution in [0.1, 0.15) is 35.7 Å². The van der Waals surface area contributed by atoms with Crippen molar-refractivity contribution in [2.45, 2.75) is 57.5 Å². The van der Waals surface area contributed by atoms with Crippen molar-refractivity contribution in [1.29, 1.82) is 0 Å². The Hall–Kier alpha value is -2.90. The SMILES string of the molecule is C=C[Si](C)(C)CCc1cccc2c1Cn1c(nc3c1=C(O)C1=C(C3)[C@@](O)(CC)C(=O)OC1)=C2. The molecule has 0 fully saturated rings. The zero-order valence-corrected chi connectivity index (χ0v) is 20.4. The molecule has 6 nitrogen and oxygen atoms in total. The molecular formula is C26H30N2O4Si. The fraction of sp³-hybridized carbons (Fsp3) is 0.385. The molecule has 0 bridgehead atoms. The second-order valence-corrected chi connectivity index (χ2v) is 14.8. The van der Waals surface area contributed by atoms with E-state index in [4.69, 9.17) is 9.72 Å². The van der Waals surface area contributed by atoms with Crippen LogP contribution in [0.25, 0.3) is 11.8 Å². The summed E-state index contributed by atoms with van der Waals surface area (Å²) >= 11 is 0. The molecule has 0 radical (unpaired) electrons. The van der Waals surface area contributed by atoms with Crippen LogP contribution in [0.15, 0.2) is 41.6 Å². The van der Waals surface area contributed by atoms with Gasteiger partial charge in [-0.1, -0.05) is 44.3 Å². The van der Waals surface area contributed by atoms with Gasteiger partial charge in [0, 0.05) is 12.0 Å². The summed E-state index contributed by atoms with van der Waals surface area (Å²) in [5.41, 5.74) is 6.65. The summed E-state index contributed by atoms with van der Waals surface area (Å²) in [4.78, 5) is 17.1. The van der Waals surface area contributed by atoms with E-state index < -0.39 is 19.6 Å². The lowest BCUT2D eigenvalue weighted by Gasteiger charge is -2.35. The zero-order valence-electron chi connectivity index (χ0n) is 19.4. The van der Waals surface area contributed by atoms with E-state index in [1.54, 1.807) is 6.92 Å². The third-order valence-corrected chi connectivity index (χ3v) is 10.1. The van der Waals surface area contributed by atoms with Crippen molar-refractivity contribution >= 4 is 25.9 Å². The average Bonchev–Trinajstić information content (AvgIpc) is 3.16. The number of hydrogen-bond acceptors (Lipinski definition) is 5. The van der Waals surface area contributed by atoms with Crippen LogP contribution in [-0.4, -0.2) is 46.0 Å². The first-order valence-electron chi connectivity index (χ1n) is 11.6.